The Morgan fingerprint density at radius 1 is 1.00 bits per heavy atom. The SMILES string of the molecule is CC(C=CC1=C(C)CCCC1(C)C)=CC=CC(C)=CC(=O)OCC(=O)c1c(C)cc(C)cc1C. The number of aryl methyl sites for hydroxylation is 3. The fourth-order valence-corrected chi connectivity index (χ4v) is 4.74. The van der Waals surface area contributed by atoms with E-state index in [1.54, 1.807) is 0 Å². The molecule has 0 saturated heterocycles. The van der Waals surface area contributed by atoms with Crippen molar-refractivity contribution in [1.29, 1.82) is 0 Å². The Morgan fingerprint density at radius 2 is 1.65 bits per heavy atom. The van der Waals surface area contributed by atoms with E-state index < -0.39 is 5.97 Å². The van der Waals surface area contributed by atoms with E-state index in [0.717, 1.165) is 27.8 Å². The number of rotatable bonds is 8. The third-order valence-corrected chi connectivity index (χ3v) is 6.42. The van der Waals surface area contributed by atoms with E-state index in [9.17, 15) is 9.59 Å². The zero-order valence-electron chi connectivity index (χ0n) is 22.2. The molecule has 1 aliphatic carbocycles. The average Bonchev–Trinajstić information content (AvgIpc) is 2.70. The fourth-order valence-electron chi connectivity index (χ4n) is 4.74. The van der Waals surface area contributed by atoms with Crippen LogP contribution >= 0.6 is 0 Å². The van der Waals surface area contributed by atoms with Crippen molar-refractivity contribution >= 4 is 11.8 Å². The standard InChI is InChI=1S/C31H40O3/c1-21(14-15-27-24(4)13-10-16-31(27,7)8)11-9-12-22(2)19-29(33)34-20-28(32)30-25(5)17-23(3)18-26(30)6/h9,11-12,14-15,17-19H,10,13,16,20H2,1-8H3. The molecule has 0 bridgehead atoms. The van der Waals surface area contributed by atoms with Gasteiger partial charge in [-0.3, -0.25) is 4.79 Å². The lowest BCUT2D eigenvalue weighted by molar-refractivity contribution is -0.136. The van der Waals surface area contributed by atoms with Gasteiger partial charge in [-0.05, 0) is 88.5 Å². The molecule has 0 saturated carbocycles. The van der Waals surface area contributed by atoms with Crippen molar-refractivity contribution in [2.45, 2.75) is 74.7 Å². The predicted octanol–water partition coefficient (Wildman–Crippen LogP) is 7.87. The Morgan fingerprint density at radius 3 is 2.26 bits per heavy atom. The molecule has 0 amide bonds. The van der Waals surface area contributed by atoms with Crippen LogP contribution in [0.5, 0.6) is 0 Å². The van der Waals surface area contributed by atoms with E-state index >= 15 is 0 Å². The van der Waals surface area contributed by atoms with Crippen LogP contribution in [0.4, 0.5) is 0 Å². The zero-order chi connectivity index (χ0) is 25.5. The summed E-state index contributed by atoms with van der Waals surface area (Å²) in [5.41, 5.74) is 8.62. The molecular weight excluding hydrogens is 420 g/mol. The van der Waals surface area contributed by atoms with Crippen LogP contribution in [0.2, 0.25) is 0 Å². The van der Waals surface area contributed by atoms with E-state index in [1.807, 2.05) is 58.1 Å². The van der Waals surface area contributed by atoms with Gasteiger partial charge in [-0.15, -0.1) is 0 Å². The zero-order valence-corrected chi connectivity index (χ0v) is 22.2. The largest absolute Gasteiger partial charge is 0.454 e. The molecule has 0 spiro atoms. The van der Waals surface area contributed by atoms with E-state index in [0.29, 0.717) is 5.56 Å². The van der Waals surface area contributed by atoms with Crippen LogP contribution in [0.3, 0.4) is 0 Å². The molecule has 0 atom stereocenters. The number of ether oxygens (including phenoxy) is 1. The molecule has 0 aliphatic heterocycles. The highest BCUT2D eigenvalue weighted by Gasteiger charge is 2.26. The molecule has 0 unspecified atom stereocenters. The molecule has 3 heteroatoms. The van der Waals surface area contributed by atoms with Gasteiger partial charge in [0.2, 0.25) is 5.78 Å². The number of benzene rings is 1. The summed E-state index contributed by atoms with van der Waals surface area (Å²) in [7, 11) is 0. The van der Waals surface area contributed by atoms with Crippen LogP contribution in [0.1, 0.15) is 80.9 Å². The summed E-state index contributed by atoms with van der Waals surface area (Å²) in [5.74, 6) is -0.692. The van der Waals surface area contributed by atoms with Crippen LogP contribution < -0.4 is 0 Å². The molecule has 182 valence electrons. The number of ketones is 1. The highest BCUT2D eigenvalue weighted by atomic mass is 16.5. The van der Waals surface area contributed by atoms with Crippen LogP contribution in [-0.2, 0) is 9.53 Å². The quantitative estimate of drug-likeness (QED) is 0.172. The number of esters is 1. The second kappa shape index (κ2) is 12.0. The van der Waals surface area contributed by atoms with Gasteiger partial charge >= 0.3 is 5.97 Å². The molecule has 0 aromatic heterocycles. The van der Waals surface area contributed by atoms with Gasteiger partial charge in [-0.2, -0.15) is 0 Å². The van der Waals surface area contributed by atoms with E-state index in [1.165, 1.54) is 36.5 Å². The Balaban J connectivity index is 1.94. The molecule has 0 radical (unpaired) electrons. The topological polar surface area (TPSA) is 43.4 Å². The van der Waals surface area contributed by atoms with Crippen molar-refractivity contribution in [3.8, 4) is 0 Å². The van der Waals surface area contributed by atoms with Crippen molar-refractivity contribution in [1.82, 2.24) is 0 Å². The molecular formula is C31H40O3. The summed E-state index contributed by atoms with van der Waals surface area (Å²) >= 11 is 0. The third-order valence-electron chi connectivity index (χ3n) is 6.42. The highest BCUT2D eigenvalue weighted by Crippen LogP contribution is 2.40. The van der Waals surface area contributed by atoms with Crippen LogP contribution in [0, 0.1) is 26.2 Å². The minimum Gasteiger partial charge on any atom is -0.454 e. The lowest BCUT2D eigenvalue weighted by Crippen LogP contribution is -2.19. The average molecular weight is 461 g/mol. The molecule has 0 fully saturated rings. The molecule has 1 aromatic rings. The van der Waals surface area contributed by atoms with Crippen molar-refractivity contribution < 1.29 is 14.3 Å². The maximum atomic E-state index is 12.5. The molecule has 1 aromatic carbocycles. The number of carbonyl (C=O) groups is 2. The fraction of sp³-hybridized carbons (Fsp3) is 0.419. The van der Waals surface area contributed by atoms with E-state index in [2.05, 4.69) is 39.8 Å². The molecule has 3 nitrogen and oxygen atoms in total. The molecule has 1 aliphatic rings. The summed E-state index contributed by atoms with van der Waals surface area (Å²) in [6.07, 6.45) is 15.3. The second-order valence-electron chi connectivity index (χ2n) is 10.2. The maximum absolute atomic E-state index is 12.5. The van der Waals surface area contributed by atoms with Gasteiger partial charge < -0.3 is 4.74 Å². The molecule has 34 heavy (non-hydrogen) atoms. The third kappa shape index (κ3) is 7.83. The van der Waals surface area contributed by atoms with Gasteiger partial charge in [0.05, 0.1) is 0 Å². The summed E-state index contributed by atoms with van der Waals surface area (Å²) < 4.78 is 5.20. The lowest BCUT2D eigenvalue weighted by atomic mass is 9.72. The monoisotopic (exact) mass is 460 g/mol. The Kier molecular flexibility index (Phi) is 9.61. The van der Waals surface area contributed by atoms with Gasteiger partial charge in [-0.25, -0.2) is 4.79 Å². The number of hydrogen-bond acceptors (Lipinski definition) is 3. The van der Waals surface area contributed by atoms with Crippen molar-refractivity contribution in [3.63, 3.8) is 0 Å². The minimum atomic E-state index is -0.513. The van der Waals surface area contributed by atoms with E-state index in [4.69, 9.17) is 4.74 Å². The Bertz CT molecular complexity index is 1060. The van der Waals surface area contributed by atoms with Crippen LogP contribution in [0.25, 0.3) is 0 Å². The van der Waals surface area contributed by atoms with Gasteiger partial charge in [0.15, 0.2) is 6.61 Å². The molecule has 0 N–H and O–H groups in total. The van der Waals surface area contributed by atoms with Crippen molar-refractivity contribution in [3.05, 3.63) is 93.1 Å². The Hall–Kier alpha value is -2.94. The first-order chi connectivity index (χ1) is 15.9. The van der Waals surface area contributed by atoms with E-state index in [-0.39, 0.29) is 17.8 Å². The molecule has 0 heterocycles. The summed E-state index contributed by atoms with van der Waals surface area (Å²) in [6, 6.07) is 3.94. The summed E-state index contributed by atoms with van der Waals surface area (Å²) in [5, 5.41) is 0. The van der Waals surface area contributed by atoms with Crippen molar-refractivity contribution in [2.75, 3.05) is 6.61 Å². The maximum Gasteiger partial charge on any atom is 0.331 e. The van der Waals surface area contributed by atoms with Crippen LogP contribution in [-0.4, -0.2) is 18.4 Å². The number of allylic oxidation sites excluding steroid dienone is 9. The predicted molar refractivity (Wildman–Crippen MR) is 142 cm³/mol. The van der Waals surface area contributed by atoms with Gasteiger partial charge in [-0.1, -0.05) is 73.1 Å². The first-order valence-corrected chi connectivity index (χ1v) is 12.1. The number of Topliss-reactive ketones (excluding diaryl/α,β-unsaturated/α-hetero) is 1. The summed E-state index contributed by atoms with van der Waals surface area (Å²) in [6.45, 7) is 16.3. The van der Waals surface area contributed by atoms with Crippen molar-refractivity contribution in [2.24, 2.45) is 5.41 Å². The number of carbonyl (C=O) groups excluding carboxylic acids is 2. The van der Waals surface area contributed by atoms with Crippen LogP contribution in [0.15, 0.2) is 70.9 Å². The summed E-state index contributed by atoms with van der Waals surface area (Å²) in [4.78, 5) is 24.7. The van der Waals surface area contributed by atoms with Gasteiger partial charge in [0.25, 0.3) is 0 Å². The highest BCUT2D eigenvalue weighted by molar-refractivity contribution is 6.01. The van der Waals surface area contributed by atoms with Gasteiger partial charge in [0.1, 0.15) is 0 Å². The van der Waals surface area contributed by atoms with Gasteiger partial charge in [0, 0.05) is 11.6 Å². The smallest absolute Gasteiger partial charge is 0.331 e. The second-order valence-corrected chi connectivity index (χ2v) is 10.2. The normalized spacial score (nSPS) is 17.1. The molecule has 2 rings (SSSR count). The number of hydrogen-bond donors (Lipinski definition) is 0. The lowest BCUT2D eigenvalue weighted by Gasteiger charge is -2.32. The minimum absolute atomic E-state index is 0.179. The first-order valence-electron chi connectivity index (χ1n) is 12.1. The Labute approximate surface area is 206 Å². The first kappa shape index (κ1) is 27.3.